The van der Waals surface area contributed by atoms with Crippen LogP contribution in [0.5, 0.6) is 5.75 Å². The van der Waals surface area contributed by atoms with Gasteiger partial charge in [-0.15, -0.1) is 0 Å². The molecule has 1 atom stereocenters. The highest BCUT2D eigenvalue weighted by atomic mass is 16.6. The molecule has 3 aromatic carbocycles. The Labute approximate surface area is 199 Å². The number of fused-ring (bicyclic) bond motifs is 1. The zero-order valence-corrected chi connectivity index (χ0v) is 19.5. The van der Waals surface area contributed by atoms with Gasteiger partial charge in [-0.2, -0.15) is 0 Å². The monoisotopic (exact) mass is 458 g/mol. The molecule has 0 aliphatic rings. The number of carbonyl (C=O) groups is 1. The number of hydrogen-bond donors (Lipinski definition) is 2. The highest BCUT2D eigenvalue weighted by Crippen LogP contribution is 2.31. The molecule has 3 N–H and O–H groups in total. The molecular weight excluding hydrogens is 428 g/mol. The van der Waals surface area contributed by atoms with Crippen molar-refractivity contribution in [1.29, 1.82) is 0 Å². The molecule has 0 saturated heterocycles. The van der Waals surface area contributed by atoms with Crippen molar-refractivity contribution in [2.45, 2.75) is 32.6 Å². The summed E-state index contributed by atoms with van der Waals surface area (Å²) in [7, 11) is 1.58. The van der Waals surface area contributed by atoms with Gasteiger partial charge >= 0.3 is 5.97 Å². The predicted molar refractivity (Wildman–Crippen MR) is 134 cm³/mol. The van der Waals surface area contributed by atoms with Crippen LogP contribution in [0.3, 0.4) is 0 Å². The maximum atomic E-state index is 12.3. The number of nitrogens with two attached hydrogens (primary N) is 1. The van der Waals surface area contributed by atoms with E-state index in [1.54, 1.807) is 7.11 Å². The zero-order valence-electron chi connectivity index (χ0n) is 19.5. The van der Waals surface area contributed by atoms with Crippen molar-refractivity contribution in [3.05, 3.63) is 89.6 Å². The standard InChI is InChI=1S/C28H30N2O4/c1-19(17-32-2)34-27(31)15-23-7-3-4-9-26(23)33-18-21-13-24-10-11-30-28(24)25(14-21)22-8-5-6-20(12-22)16-29/h3-14,19,30H,15-18,29H2,1-2H3. The first-order valence-corrected chi connectivity index (χ1v) is 11.4. The molecule has 1 unspecified atom stereocenters. The lowest BCUT2D eigenvalue weighted by Crippen LogP contribution is -2.21. The minimum absolute atomic E-state index is 0.137. The Balaban J connectivity index is 1.54. The summed E-state index contributed by atoms with van der Waals surface area (Å²) in [5, 5.41) is 1.11. The number of aromatic nitrogens is 1. The fourth-order valence-electron chi connectivity index (χ4n) is 4.05. The van der Waals surface area contributed by atoms with E-state index >= 15 is 0 Å². The van der Waals surface area contributed by atoms with Crippen molar-refractivity contribution in [1.82, 2.24) is 4.98 Å². The minimum Gasteiger partial charge on any atom is -0.489 e. The third kappa shape index (κ3) is 5.65. The number of carbonyl (C=O) groups excluding carboxylic acids is 1. The molecule has 4 rings (SSSR count). The Kier molecular flexibility index (Phi) is 7.62. The molecule has 0 saturated carbocycles. The average molecular weight is 459 g/mol. The van der Waals surface area contributed by atoms with Gasteiger partial charge < -0.3 is 24.9 Å². The smallest absolute Gasteiger partial charge is 0.310 e. The zero-order chi connectivity index (χ0) is 23.9. The summed E-state index contributed by atoms with van der Waals surface area (Å²) in [6.45, 7) is 3.04. The third-order valence-electron chi connectivity index (χ3n) is 5.63. The second-order valence-corrected chi connectivity index (χ2v) is 8.32. The maximum Gasteiger partial charge on any atom is 0.310 e. The first-order valence-electron chi connectivity index (χ1n) is 11.4. The summed E-state index contributed by atoms with van der Waals surface area (Å²) >= 11 is 0. The van der Waals surface area contributed by atoms with Gasteiger partial charge in [-0.1, -0.05) is 36.4 Å². The van der Waals surface area contributed by atoms with Crippen molar-refractivity contribution in [3.63, 3.8) is 0 Å². The molecule has 0 spiro atoms. The molecule has 0 aliphatic carbocycles. The summed E-state index contributed by atoms with van der Waals surface area (Å²) in [4.78, 5) is 15.7. The second-order valence-electron chi connectivity index (χ2n) is 8.32. The van der Waals surface area contributed by atoms with Gasteiger partial charge in [-0.05, 0) is 53.9 Å². The van der Waals surface area contributed by atoms with Crippen LogP contribution in [-0.2, 0) is 33.8 Å². The van der Waals surface area contributed by atoms with Gasteiger partial charge in [-0.3, -0.25) is 4.79 Å². The molecule has 0 fully saturated rings. The van der Waals surface area contributed by atoms with Gasteiger partial charge in [-0.25, -0.2) is 0 Å². The molecule has 0 amide bonds. The summed E-state index contributed by atoms with van der Waals surface area (Å²) < 4.78 is 16.6. The maximum absolute atomic E-state index is 12.3. The number of aromatic amines is 1. The second kappa shape index (κ2) is 11.0. The van der Waals surface area contributed by atoms with Crippen LogP contribution < -0.4 is 10.5 Å². The number of rotatable bonds is 10. The van der Waals surface area contributed by atoms with Crippen LogP contribution in [0.25, 0.3) is 22.0 Å². The Bertz CT molecular complexity index is 1260. The molecule has 1 aromatic heterocycles. The molecule has 6 nitrogen and oxygen atoms in total. The highest BCUT2D eigenvalue weighted by molar-refractivity contribution is 5.95. The number of para-hydroxylation sites is 1. The van der Waals surface area contributed by atoms with Crippen LogP contribution in [0.1, 0.15) is 23.6 Å². The molecule has 6 heteroatoms. The molecule has 1 heterocycles. The molecule has 0 bridgehead atoms. The fourth-order valence-corrected chi connectivity index (χ4v) is 4.05. The molecule has 0 radical (unpaired) electrons. The molecule has 0 aliphatic heterocycles. The van der Waals surface area contributed by atoms with E-state index in [0.29, 0.717) is 25.5 Å². The van der Waals surface area contributed by atoms with Crippen LogP contribution >= 0.6 is 0 Å². The van der Waals surface area contributed by atoms with Crippen molar-refractivity contribution < 1.29 is 19.0 Å². The third-order valence-corrected chi connectivity index (χ3v) is 5.63. The van der Waals surface area contributed by atoms with Crippen LogP contribution in [-0.4, -0.2) is 30.8 Å². The van der Waals surface area contributed by atoms with Gasteiger partial charge in [0.25, 0.3) is 0 Å². The van der Waals surface area contributed by atoms with E-state index in [0.717, 1.165) is 38.7 Å². The van der Waals surface area contributed by atoms with Crippen molar-refractivity contribution in [2.24, 2.45) is 5.73 Å². The summed E-state index contributed by atoms with van der Waals surface area (Å²) in [6, 6.07) is 22.1. The van der Waals surface area contributed by atoms with E-state index in [9.17, 15) is 4.79 Å². The van der Waals surface area contributed by atoms with Crippen molar-refractivity contribution in [3.8, 4) is 16.9 Å². The van der Waals surface area contributed by atoms with Crippen LogP contribution in [0.4, 0.5) is 0 Å². The number of H-pyrrole nitrogens is 1. The SMILES string of the molecule is COCC(C)OC(=O)Cc1ccccc1OCc1cc(-c2cccc(CN)c2)c2[nH]ccc2c1. The number of methoxy groups -OCH3 is 1. The number of esters is 1. The van der Waals surface area contributed by atoms with E-state index in [2.05, 4.69) is 35.3 Å². The van der Waals surface area contributed by atoms with Crippen LogP contribution in [0, 0.1) is 0 Å². The quantitative estimate of drug-likeness (QED) is 0.327. The van der Waals surface area contributed by atoms with Crippen LogP contribution in [0.2, 0.25) is 0 Å². The molecule has 176 valence electrons. The van der Waals surface area contributed by atoms with Gasteiger partial charge in [0.05, 0.1) is 18.5 Å². The number of ether oxygens (including phenoxy) is 3. The Hall–Kier alpha value is -3.61. The summed E-state index contributed by atoms with van der Waals surface area (Å²) in [5.41, 5.74) is 12.0. The lowest BCUT2D eigenvalue weighted by Gasteiger charge is -2.15. The average Bonchev–Trinajstić information content (AvgIpc) is 3.32. The van der Waals surface area contributed by atoms with Gasteiger partial charge in [0.2, 0.25) is 0 Å². The molecular formula is C28H30N2O4. The van der Waals surface area contributed by atoms with E-state index in [1.165, 1.54) is 0 Å². The van der Waals surface area contributed by atoms with Gasteiger partial charge in [0.1, 0.15) is 18.5 Å². The summed E-state index contributed by atoms with van der Waals surface area (Å²) in [6.07, 6.45) is 1.78. The van der Waals surface area contributed by atoms with E-state index < -0.39 is 0 Å². The first-order chi connectivity index (χ1) is 16.6. The van der Waals surface area contributed by atoms with Gasteiger partial charge in [0.15, 0.2) is 0 Å². The van der Waals surface area contributed by atoms with Gasteiger partial charge in [0, 0.05) is 36.4 Å². The molecule has 34 heavy (non-hydrogen) atoms. The largest absolute Gasteiger partial charge is 0.489 e. The van der Waals surface area contributed by atoms with E-state index in [1.807, 2.05) is 49.5 Å². The Morgan fingerprint density at radius 1 is 1.03 bits per heavy atom. The number of benzene rings is 3. The fraction of sp³-hybridized carbons (Fsp3) is 0.250. The van der Waals surface area contributed by atoms with Crippen molar-refractivity contribution >= 4 is 16.9 Å². The molecule has 4 aromatic rings. The topological polar surface area (TPSA) is 86.6 Å². The Morgan fingerprint density at radius 2 is 1.88 bits per heavy atom. The van der Waals surface area contributed by atoms with E-state index in [4.69, 9.17) is 19.9 Å². The number of hydrogen-bond acceptors (Lipinski definition) is 5. The van der Waals surface area contributed by atoms with Crippen LogP contribution in [0.15, 0.2) is 72.9 Å². The van der Waals surface area contributed by atoms with Crippen molar-refractivity contribution in [2.75, 3.05) is 13.7 Å². The first kappa shape index (κ1) is 23.5. The van der Waals surface area contributed by atoms with E-state index in [-0.39, 0.29) is 18.5 Å². The predicted octanol–water partition coefficient (Wildman–Crippen LogP) is 4.99. The minimum atomic E-state index is -0.309. The summed E-state index contributed by atoms with van der Waals surface area (Å²) in [5.74, 6) is 0.358. The number of nitrogens with one attached hydrogen (secondary N) is 1. The normalized spacial score (nSPS) is 12.0. The highest BCUT2D eigenvalue weighted by Gasteiger charge is 2.14. The Morgan fingerprint density at radius 3 is 2.71 bits per heavy atom. The lowest BCUT2D eigenvalue weighted by molar-refractivity contribution is -0.149. The lowest BCUT2D eigenvalue weighted by atomic mass is 9.98.